The van der Waals surface area contributed by atoms with Gasteiger partial charge in [-0.15, -0.1) is 0 Å². The van der Waals surface area contributed by atoms with E-state index in [1.54, 1.807) is 6.20 Å². The van der Waals surface area contributed by atoms with Crippen molar-refractivity contribution in [2.45, 2.75) is 26.9 Å². The van der Waals surface area contributed by atoms with E-state index in [1.807, 2.05) is 31.2 Å². The molecule has 1 heterocycles. The zero-order chi connectivity index (χ0) is 13.0. The molecule has 94 valence electrons. The fraction of sp³-hybridized carbons (Fsp3) is 0.286. The van der Waals surface area contributed by atoms with E-state index in [9.17, 15) is 0 Å². The Morgan fingerprint density at radius 2 is 2.00 bits per heavy atom. The minimum Gasteiger partial charge on any atom is -0.424 e. The number of nitrogens with zero attached hydrogens (tertiary/aromatic N) is 2. The average molecular weight is 244 g/mol. The number of aryl methyl sites for hydroxylation is 2. The Balaban J connectivity index is 2.26. The predicted molar refractivity (Wildman–Crippen MR) is 68.6 cm³/mol. The maximum atomic E-state index is 9.06. The van der Waals surface area contributed by atoms with Gasteiger partial charge in [-0.2, -0.15) is 4.98 Å². The van der Waals surface area contributed by atoms with Gasteiger partial charge in [0.2, 0.25) is 0 Å². The van der Waals surface area contributed by atoms with Gasteiger partial charge in [-0.3, -0.25) is 0 Å². The molecule has 0 saturated carbocycles. The molecule has 0 bridgehead atoms. The molecule has 2 rings (SSSR count). The molecular formula is C14H16N2O2. The van der Waals surface area contributed by atoms with Gasteiger partial charge >= 0.3 is 6.01 Å². The Bertz CT molecular complexity index is 541. The Morgan fingerprint density at radius 1 is 1.22 bits per heavy atom. The van der Waals surface area contributed by atoms with Gasteiger partial charge in [-0.1, -0.05) is 25.1 Å². The molecule has 18 heavy (non-hydrogen) atoms. The summed E-state index contributed by atoms with van der Waals surface area (Å²) in [6.45, 7) is 3.84. The van der Waals surface area contributed by atoms with Crippen LogP contribution in [0.1, 0.15) is 23.7 Å². The first-order valence-electron chi connectivity index (χ1n) is 5.93. The molecule has 1 aromatic carbocycles. The summed E-state index contributed by atoms with van der Waals surface area (Å²) in [5.74, 6) is 0.774. The van der Waals surface area contributed by atoms with Gasteiger partial charge in [0.15, 0.2) is 0 Å². The van der Waals surface area contributed by atoms with Crippen LogP contribution in [0, 0.1) is 6.92 Å². The second-order valence-electron chi connectivity index (χ2n) is 3.98. The van der Waals surface area contributed by atoms with Crippen molar-refractivity contribution in [1.29, 1.82) is 0 Å². The molecule has 0 aliphatic heterocycles. The number of para-hydroxylation sites is 1. The van der Waals surface area contributed by atoms with Gasteiger partial charge in [0.05, 0.1) is 12.3 Å². The fourth-order valence-corrected chi connectivity index (χ4v) is 1.67. The first kappa shape index (κ1) is 12.5. The zero-order valence-electron chi connectivity index (χ0n) is 10.6. The van der Waals surface area contributed by atoms with E-state index >= 15 is 0 Å². The van der Waals surface area contributed by atoms with Gasteiger partial charge < -0.3 is 9.84 Å². The third kappa shape index (κ3) is 2.65. The van der Waals surface area contributed by atoms with Crippen LogP contribution in [0.5, 0.6) is 11.8 Å². The maximum absolute atomic E-state index is 9.06. The first-order chi connectivity index (χ1) is 8.74. The summed E-state index contributed by atoms with van der Waals surface area (Å²) in [6.07, 6.45) is 2.48. The van der Waals surface area contributed by atoms with E-state index in [2.05, 4.69) is 16.9 Å². The molecule has 0 atom stereocenters. The molecule has 0 unspecified atom stereocenters. The van der Waals surface area contributed by atoms with Crippen LogP contribution in [0.15, 0.2) is 30.5 Å². The van der Waals surface area contributed by atoms with Crippen molar-refractivity contribution < 1.29 is 9.84 Å². The highest BCUT2D eigenvalue weighted by Crippen LogP contribution is 2.23. The van der Waals surface area contributed by atoms with Crippen LogP contribution in [0.4, 0.5) is 0 Å². The summed E-state index contributed by atoms with van der Waals surface area (Å²) >= 11 is 0. The maximum Gasteiger partial charge on any atom is 0.322 e. The van der Waals surface area contributed by atoms with Crippen LogP contribution in [0.25, 0.3) is 0 Å². The lowest BCUT2D eigenvalue weighted by Crippen LogP contribution is -1.99. The largest absolute Gasteiger partial charge is 0.424 e. The van der Waals surface area contributed by atoms with E-state index in [-0.39, 0.29) is 6.61 Å². The number of hydrogen-bond acceptors (Lipinski definition) is 4. The molecule has 0 fully saturated rings. The standard InChI is InChI=1S/C14H16N2O2/c1-3-11-6-4-5-7-13(11)18-14-15-8-12(9-17)10(2)16-14/h4-8,17H,3,9H2,1-2H3. The highest BCUT2D eigenvalue weighted by Gasteiger charge is 2.07. The monoisotopic (exact) mass is 244 g/mol. The van der Waals surface area contributed by atoms with Crippen LogP contribution >= 0.6 is 0 Å². The van der Waals surface area contributed by atoms with Crippen molar-refractivity contribution in [3.63, 3.8) is 0 Å². The summed E-state index contributed by atoms with van der Waals surface area (Å²) in [5, 5.41) is 9.06. The van der Waals surface area contributed by atoms with Gasteiger partial charge in [-0.25, -0.2) is 4.98 Å². The second-order valence-corrected chi connectivity index (χ2v) is 3.98. The van der Waals surface area contributed by atoms with Crippen molar-refractivity contribution in [2.75, 3.05) is 0 Å². The minimum atomic E-state index is -0.0579. The Labute approximate surface area is 106 Å². The normalized spacial score (nSPS) is 10.4. The van der Waals surface area contributed by atoms with Crippen molar-refractivity contribution in [1.82, 2.24) is 9.97 Å². The first-order valence-corrected chi connectivity index (χ1v) is 5.93. The van der Waals surface area contributed by atoms with Gasteiger partial charge in [-0.05, 0) is 25.0 Å². The summed E-state index contributed by atoms with van der Waals surface area (Å²) in [7, 11) is 0. The Morgan fingerprint density at radius 3 is 2.67 bits per heavy atom. The molecule has 1 aromatic heterocycles. The lowest BCUT2D eigenvalue weighted by molar-refractivity contribution is 0.279. The van der Waals surface area contributed by atoms with Crippen molar-refractivity contribution in [3.8, 4) is 11.8 Å². The van der Waals surface area contributed by atoms with Crippen LogP contribution in [0.3, 0.4) is 0 Å². The van der Waals surface area contributed by atoms with Crippen LogP contribution in [0.2, 0.25) is 0 Å². The molecule has 0 aliphatic carbocycles. The average Bonchev–Trinajstić information content (AvgIpc) is 2.39. The second kappa shape index (κ2) is 5.60. The van der Waals surface area contributed by atoms with E-state index < -0.39 is 0 Å². The Kier molecular flexibility index (Phi) is 3.89. The van der Waals surface area contributed by atoms with E-state index in [4.69, 9.17) is 9.84 Å². The molecule has 1 N–H and O–H groups in total. The van der Waals surface area contributed by atoms with E-state index in [0.717, 1.165) is 23.4 Å². The lowest BCUT2D eigenvalue weighted by atomic mass is 10.1. The summed E-state index contributed by atoms with van der Waals surface area (Å²) < 4.78 is 5.68. The molecule has 0 spiro atoms. The number of benzene rings is 1. The van der Waals surface area contributed by atoms with Crippen molar-refractivity contribution in [2.24, 2.45) is 0 Å². The quantitative estimate of drug-likeness (QED) is 0.898. The van der Waals surface area contributed by atoms with Gasteiger partial charge in [0.1, 0.15) is 5.75 Å². The number of aromatic nitrogens is 2. The van der Waals surface area contributed by atoms with Crippen LogP contribution < -0.4 is 4.74 Å². The summed E-state index contributed by atoms with van der Waals surface area (Å²) in [4.78, 5) is 8.31. The molecule has 0 saturated heterocycles. The topological polar surface area (TPSA) is 55.2 Å². The molecule has 0 aliphatic rings. The highest BCUT2D eigenvalue weighted by molar-refractivity contribution is 5.35. The third-order valence-electron chi connectivity index (χ3n) is 2.78. The van der Waals surface area contributed by atoms with Crippen molar-refractivity contribution in [3.05, 3.63) is 47.3 Å². The van der Waals surface area contributed by atoms with Crippen LogP contribution in [-0.4, -0.2) is 15.1 Å². The lowest BCUT2D eigenvalue weighted by Gasteiger charge is -2.09. The predicted octanol–water partition coefficient (Wildman–Crippen LogP) is 2.63. The Hall–Kier alpha value is -1.94. The zero-order valence-corrected chi connectivity index (χ0v) is 10.6. The summed E-state index contributed by atoms with van der Waals surface area (Å²) in [5.41, 5.74) is 2.56. The molecule has 4 heteroatoms. The van der Waals surface area contributed by atoms with Crippen molar-refractivity contribution >= 4 is 0 Å². The van der Waals surface area contributed by atoms with Gasteiger partial charge in [0.25, 0.3) is 0 Å². The fourth-order valence-electron chi connectivity index (χ4n) is 1.67. The molecule has 0 radical (unpaired) electrons. The van der Waals surface area contributed by atoms with Crippen LogP contribution in [-0.2, 0) is 13.0 Å². The SMILES string of the molecule is CCc1ccccc1Oc1ncc(CO)c(C)n1. The molecular weight excluding hydrogens is 228 g/mol. The number of ether oxygens (including phenoxy) is 1. The van der Waals surface area contributed by atoms with Gasteiger partial charge in [0, 0.05) is 11.8 Å². The molecule has 4 nitrogen and oxygen atoms in total. The number of hydrogen-bond donors (Lipinski definition) is 1. The van der Waals surface area contributed by atoms with E-state index in [0.29, 0.717) is 11.6 Å². The number of rotatable bonds is 4. The number of aliphatic hydroxyl groups is 1. The minimum absolute atomic E-state index is 0.0579. The number of aliphatic hydroxyl groups excluding tert-OH is 1. The van der Waals surface area contributed by atoms with E-state index in [1.165, 1.54) is 0 Å². The molecule has 0 amide bonds. The smallest absolute Gasteiger partial charge is 0.322 e. The molecule has 2 aromatic rings. The third-order valence-corrected chi connectivity index (χ3v) is 2.78. The summed E-state index contributed by atoms with van der Waals surface area (Å²) in [6, 6.07) is 8.13. The highest BCUT2D eigenvalue weighted by atomic mass is 16.5.